The number of sulfone groups is 1. The van der Waals surface area contributed by atoms with E-state index < -0.39 is 49.9 Å². The number of esters is 1. The zero-order valence-corrected chi connectivity index (χ0v) is 23.0. The molecule has 1 saturated carbocycles. The van der Waals surface area contributed by atoms with E-state index in [9.17, 15) is 22.4 Å². The fourth-order valence-electron chi connectivity index (χ4n) is 5.40. The highest BCUT2D eigenvalue weighted by atomic mass is 79.9. The summed E-state index contributed by atoms with van der Waals surface area (Å²) in [6, 6.07) is 9.78. The predicted molar refractivity (Wildman–Crippen MR) is 136 cm³/mol. The minimum Gasteiger partial charge on any atom is -0.466 e. The Hall–Kier alpha value is -2.46. The van der Waals surface area contributed by atoms with Crippen LogP contribution in [0.15, 0.2) is 51.8 Å². The van der Waals surface area contributed by atoms with Gasteiger partial charge in [-0.25, -0.2) is 17.6 Å². The summed E-state index contributed by atoms with van der Waals surface area (Å²) in [7, 11) is -4.14. The molecule has 7 nitrogen and oxygen atoms in total. The largest absolute Gasteiger partial charge is 0.466 e. The lowest BCUT2D eigenvalue weighted by Gasteiger charge is -2.46. The number of rotatable bonds is 4. The van der Waals surface area contributed by atoms with E-state index >= 15 is 0 Å². The number of hydrogen-bond donors (Lipinski definition) is 0. The van der Waals surface area contributed by atoms with Crippen molar-refractivity contribution in [3.63, 3.8) is 0 Å². The fraction of sp³-hybridized carbons (Fsp3) is 0.462. The zero-order valence-electron chi connectivity index (χ0n) is 20.6. The van der Waals surface area contributed by atoms with Crippen molar-refractivity contribution in [2.24, 2.45) is 11.8 Å². The van der Waals surface area contributed by atoms with E-state index in [1.165, 1.54) is 17.0 Å². The highest BCUT2D eigenvalue weighted by molar-refractivity contribution is 9.10. The van der Waals surface area contributed by atoms with Crippen LogP contribution in [0.4, 0.5) is 14.9 Å². The summed E-state index contributed by atoms with van der Waals surface area (Å²) in [4.78, 5) is 27.7. The molecule has 2 aliphatic rings. The van der Waals surface area contributed by atoms with E-state index in [0.29, 0.717) is 15.7 Å². The fourth-order valence-corrected chi connectivity index (χ4v) is 8.15. The third-order valence-corrected chi connectivity index (χ3v) is 9.88. The van der Waals surface area contributed by atoms with Gasteiger partial charge < -0.3 is 9.47 Å². The smallest absolute Gasteiger partial charge is 0.414 e. The molecule has 4 rings (SSSR count). The summed E-state index contributed by atoms with van der Waals surface area (Å²) in [6.45, 7) is 7.03. The van der Waals surface area contributed by atoms with Crippen molar-refractivity contribution in [1.29, 1.82) is 0 Å². The molecule has 194 valence electrons. The molecule has 1 fully saturated rings. The topological polar surface area (TPSA) is 90.0 Å². The number of benzene rings is 2. The first-order chi connectivity index (χ1) is 16.8. The molecular formula is C26H29BrFNO6S. The molecule has 1 heterocycles. The van der Waals surface area contributed by atoms with Crippen LogP contribution in [0, 0.1) is 17.7 Å². The minimum atomic E-state index is -4.14. The van der Waals surface area contributed by atoms with E-state index in [2.05, 4.69) is 15.9 Å². The van der Waals surface area contributed by atoms with Gasteiger partial charge in [-0.3, -0.25) is 9.69 Å². The maximum Gasteiger partial charge on any atom is 0.414 e. The lowest BCUT2D eigenvalue weighted by molar-refractivity contribution is -0.149. The molecule has 36 heavy (non-hydrogen) atoms. The second-order valence-corrected chi connectivity index (χ2v) is 13.2. The third kappa shape index (κ3) is 4.42. The Morgan fingerprint density at radius 2 is 1.83 bits per heavy atom. The summed E-state index contributed by atoms with van der Waals surface area (Å²) in [6.07, 6.45) is -0.219. The van der Waals surface area contributed by atoms with Gasteiger partial charge in [0.2, 0.25) is 0 Å². The van der Waals surface area contributed by atoms with Crippen molar-refractivity contribution >= 4 is 43.5 Å². The number of amides is 1. The van der Waals surface area contributed by atoms with Crippen molar-refractivity contribution in [3.05, 3.63) is 58.3 Å². The van der Waals surface area contributed by atoms with E-state index in [-0.39, 0.29) is 30.9 Å². The van der Waals surface area contributed by atoms with E-state index in [1.54, 1.807) is 45.9 Å². The third-order valence-electron chi connectivity index (χ3n) is 6.80. The van der Waals surface area contributed by atoms with Crippen molar-refractivity contribution in [1.82, 2.24) is 0 Å². The number of fused-ring (bicyclic) bond motifs is 3. The summed E-state index contributed by atoms with van der Waals surface area (Å²) >= 11 is 3.43. The monoisotopic (exact) mass is 581 g/mol. The van der Waals surface area contributed by atoms with Crippen LogP contribution in [-0.2, 0) is 28.9 Å². The molecule has 0 spiro atoms. The van der Waals surface area contributed by atoms with Crippen LogP contribution in [-0.4, -0.2) is 39.2 Å². The molecule has 1 aliphatic carbocycles. The number of carbonyl (C=O) groups excluding carboxylic acids is 2. The van der Waals surface area contributed by atoms with E-state index in [4.69, 9.17) is 9.47 Å². The second-order valence-electron chi connectivity index (χ2n) is 10.1. The molecule has 0 N–H and O–H groups in total. The highest BCUT2D eigenvalue weighted by Crippen LogP contribution is 2.59. The molecule has 3 atom stereocenters. The van der Waals surface area contributed by atoms with Crippen LogP contribution in [0.2, 0.25) is 0 Å². The maximum atomic E-state index is 14.4. The first kappa shape index (κ1) is 26.6. The van der Waals surface area contributed by atoms with Crippen LogP contribution in [0.3, 0.4) is 0 Å². The van der Waals surface area contributed by atoms with Crippen LogP contribution in [0.5, 0.6) is 0 Å². The maximum absolute atomic E-state index is 14.4. The summed E-state index contributed by atoms with van der Waals surface area (Å²) < 4.78 is 52.5. The lowest BCUT2D eigenvalue weighted by Crippen LogP contribution is -2.54. The minimum absolute atomic E-state index is 0.0435. The Morgan fingerprint density at radius 1 is 1.17 bits per heavy atom. The number of anilines is 1. The molecule has 10 heteroatoms. The van der Waals surface area contributed by atoms with Crippen molar-refractivity contribution < 1.29 is 31.9 Å². The van der Waals surface area contributed by atoms with Gasteiger partial charge in [0, 0.05) is 16.9 Å². The van der Waals surface area contributed by atoms with Crippen LogP contribution >= 0.6 is 15.9 Å². The lowest BCUT2D eigenvalue weighted by atomic mass is 9.79. The Balaban J connectivity index is 1.96. The molecule has 1 aliphatic heterocycles. The van der Waals surface area contributed by atoms with Crippen molar-refractivity contribution in [3.8, 4) is 0 Å². The Bertz CT molecular complexity index is 1290. The SMILES string of the molecule is CCOC(=O)C1CCC2(S(=O)(=O)c3ccc(F)cc3)c3ccc(Br)cc3N(C(=O)OC(C)(C)C)CC12. The summed E-state index contributed by atoms with van der Waals surface area (Å²) in [5, 5.41) is 0. The molecule has 3 unspecified atom stereocenters. The van der Waals surface area contributed by atoms with Gasteiger partial charge >= 0.3 is 12.1 Å². The van der Waals surface area contributed by atoms with Gasteiger partial charge in [-0.15, -0.1) is 0 Å². The molecule has 0 aromatic heterocycles. The number of ether oxygens (including phenoxy) is 2. The van der Waals surface area contributed by atoms with Gasteiger partial charge in [0.15, 0.2) is 9.84 Å². The molecule has 0 saturated heterocycles. The van der Waals surface area contributed by atoms with Gasteiger partial charge in [-0.1, -0.05) is 22.0 Å². The Labute approximate surface area is 219 Å². The van der Waals surface area contributed by atoms with Gasteiger partial charge in [-0.2, -0.15) is 0 Å². The molecule has 2 aromatic carbocycles. The standard InChI is InChI=1S/C26H29BrFNO6S/c1-5-34-23(30)19-12-13-26(36(32,33)18-9-7-17(28)8-10-18)20-11-6-16(27)14-22(20)29(15-21(19)26)24(31)35-25(2,3)4/h6-11,14,19,21H,5,12-13,15H2,1-4H3. The van der Waals surface area contributed by atoms with Crippen molar-refractivity contribution in [2.45, 2.75) is 55.8 Å². The first-order valence-electron chi connectivity index (χ1n) is 11.8. The van der Waals surface area contributed by atoms with E-state index in [0.717, 1.165) is 12.1 Å². The highest BCUT2D eigenvalue weighted by Gasteiger charge is 2.64. The summed E-state index contributed by atoms with van der Waals surface area (Å²) in [5.74, 6) is -2.60. The normalized spacial score (nSPS) is 23.6. The van der Waals surface area contributed by atoms with Crippen LogP contribution in [0.25, 0.3) is 0 Å². The molecule has 2 aromatic rings. The first-order valence-corrected chi connectivity index (χ1v) is 14.1. The number of carbonyl (C=O) groups is 2. The molecule has 1 amide bonds. The zero-order chi connectivity index (χ0) is 26.5. The average molecular weight is 582 g/mol. The summed E-state index contributed by atoms with van der Waals surface area (Å²) in [5.41, 5.74) is 0.0165. The number of hydrogen-bond acceptors (Lipinski definition) is 6. The van der Waals surface area contributed by atoms with Crippen LogP contribution in [0.1, 0.15) is 46.1 Å². The van der Waals surface area contributed by atoms with Gasteiger partial charge in [0.25, 0.3) is 0 Å². The van der Waals surface area contributed by atoms with E-state index in [1.807, 2.05) is 0 Å². The second kappa shape index (κ2) is 9.45. The average Bonchev–Trinajstić information content (AvgIpc) is 3.19. The van der Waals surface area contributed by atoms with Crippen molar-refractivity contribution in [2.75, 3.05) is 18.1 Å². The predicted octanol–water partition coefficient (Wildman–Crippen LogP) is 5.60. The molecule has 0 bridgehead atoms. The number of halogens is 2. The molecular weight excluding hydrogens is 553 g/mol. The molecule has 0 radical (unpaired) electrons. The quantitative estimate of drug-likeness (QED) is 0.345. The Morgan fingerprint density at radius 3 is 2.44 bits per heavy atom. The van der Waals surface area contributed by atoms with Gasteiger partial charge in [0.1, 0.15) is 16.2 Å². The van der Waals surface area contributed by atoms with Gasteiger partial charge in [0.05, 0.1) is 23.1 Å². The Kier molecular flexibility index (Phi) is 6.98. The van der Waals surface area contributed by atoms with Crippen LogP contribution < -0.4 is 4.90 Å². The number of nitrogens with zero attached hydrogens (tertiary/aromatic N) is 1. The van der Waals surface area contributed by atoms with Gasteiger partial charge in [-0.05, 0) is 82.5 Å².